The molecule has 0 spiro atoms. The Morgan fingerprint density at radius 1 is 1.11 bits per heavy atom. The third-order valence-corrected chi connectivity index (χ3v) is 9.77. The van der Waals surface area contributed by atoms with Crippen LogP contribution in [0, 0.1) is 0 Å². The van der Waals surface area contributed by atoms with E-state index < -0.39 is 22.0 Å². The molecule has 1 unspecified atom stereocenters. The largest absolute Gasteiger partial charge is 0.413 e. The molecule has 0 radical (unpaired) electrons. The van der Waals surface area contributed by atoms with Crippen molar-refractivity contribution in [2.75, 3.05) is 37.7 Å². The van der Waals surface area contributed by atoms with Gasteiger partial charge in [0.05, 0.1) is 23.1 Å². The van der Waals surface area contributed by atoms with Crippen molar-refractivity contribution in [3.63, 3.8) is 0 Å². The molecule has 5 rings (SSSR count). The zero-order valence-corrected chi connectivity index (χ0v) is 22.9. The van der Waals surface area contributed by atoms with Gasteiger partial charge in [0.25, 0.3) is 5.56 Å². The average molecular weight is 547 g/mol. The Labute approximate surface area is 223 Å². The van der Waals surface area contributed by atoms with Crippen LogP contribution in [0.2, 0.25) is 0 Å². The predicted octanol–water partition coefficient (Wildman–Crippen LogP) is 1.76. The molecular weight excluding hydrogens is 508 g/mol. The number of aromatic nitrogens is 1. The van der Waals surface area contributed by atoms with Crippen LogP contribution in [-0.4, -0.2) is 95.9 Å². The van der Waals surface area contributed by atoms with Gasteiger partial charge in [-0.15, -0.1) is 0 Å². The van der Waals surface area contributed by atoms with Crippen LogP contribution in [0.4, 0.5) is 4.79 Å². The Kier molecular flexibility index (Phi) is 7.82. The van der Waals surface area contributed by atoms with Gasteiger partial charge in [0.1, 0.15) is 0 Å². The second-order valence-corrected chi connectivity index (χ2v) is 13.5. The summed E-state index contributed by atoms with van der Waals surface area (Å²) in [5, 5.41) is 14.5. The molecule has 1 aromatic carbocycles. The van der Waals surface area contributed by atoms with E-state index in [1.807, 2.05) is 43.0 Å². The van der Waals surface area contributed by atoms with E-state index in [4.69, 9.17) is 4.74 Å². The molecule has 3 aliphatic heterocycles. The summed E-state index contributed by atoms with van der Waals surface area (Å²) in [7, 11) is -2.94. The lowest BCUT2D eigenvalue weighted by Gasteiger charge is -2.40. The maximum Gasteiger partial charge on any atom is 0.413 e. The number of para-hydroxylation sites is 1. The van der Waals surface area contributed by atoms with Crippen LogP contribution in [0.25, 0.3) is 10.9 Å². The van der Waals surface area contributed by atoms with Crippen molar-refractivity contribution in [3.05, 3.63) is 40.7 Å². The van der Waals surface area contributed by atoms with Gasteiger partial charge in [-0.1, -0.05) is 18.2 Å². The normalized spacial score (nSPS) is 26.5. The van der Waals surface area contributed by atoms with Crippen molar-refractivity contribution in [2.45, 2.75) is 69.8 Å². The lowest BCUT2D eigenvalue weighted by molar-refractivity contribution is 0.0350. The summed E-state index contributed by atoms with van der Waals surface area (Å²) in [6.45, 7) is 5.81. The highest BCUT2D eigenvalue weighted by Gasteiger charge is 2.42. The van der Waals surface area contributed by atoms with Crippen LogP contribution in [0.15, 0.2) is 35.1 Å². The Hall–Kier alpha value is -2.47. The number of benzene rings is 1. The second-order valence-electron chi connectivity index (χ2n) is 11.2. The van der Waals surface area contributed by atoms with Crippen molar-refractivity contribution in [1.29, 1.82) is 0 Å². The summed E-state index contributed by atoms with van der Waals surface area (Å²) < 4.78 is 30.5. The second kappa shape index (κ2) is 11.0. The first kappa shape index (κ1) is 27.1. The maximum atomic E-state index is 13.1. The highest BCUT2D eigenvalue weighted by atomic mass is 32.2. The monoisotopic (exact) mass is 546 g/mol. The van der Waals surface area contributed by atoms with Crippen molar-refractivity contribution < 1.29 is 23.1 Å². The van der Waals surface area contributed by atoms with Crippen molar-refractivity contribution >= 4 is 26.8 Å². The number of sulfone groups is 1. The zero-order valence-electron chi connectivity index (χ0n) is 22.1. The van der Waals surface area contributed by atoms with Gasteiger partial charge in [-0.25, -0.2) is 13.2 Å². The van der Waals surface area contributed by atoms with Crippen molar-refractivity contribution in [3.8, 4) is 5.75 Å². The van der Waals surface area contributed by atoms with Crippen LogP contribution in [0.5, 0.6) is 5.75 Å². The highest BCUT2D eigenvalue weighted by molar-refractivity contribution is 7.91. The molecule has 10 nitrogen and oxygen atoms in total. The number of carbonyl (C=O) groups excluding carboxylic acids is 1. The molecule has 1 amide bonds. The number of amides is 1. The fourth-order valence-corrected chi connectivity index (χ4v) is 7.64. The average Bonchev–Trinajstić information content (AvgIpc) is 3.07. The number of fused-ring (bicyclic) bond motifs is 3. The molecule has 0 saturated carbocycles. The maximum absolute atomic E-state index is 13.1. The Balaban J connectivity index is 1.17. The van der Waals surface area contributed by atoms with Crippen molar-refractivity contribution in [1.82, 2.24) is 19.7 Å². The van der Waals surface area contributed by atoms with Gasteiger partial charge in [0.2, 0.25) is 0 Å². The first-order valence-electron chi connectivity index (χ1n) is 13.6. The Morgan fingerprint density at radius 3 is 2.42 bits per heavy atom. The van der Waals surface area contributed by atoms with Crippen LogP contribution in [-0.2, 0) is 9.84 Å². The lowest BCUT2D eigenvalue weighted by atomic mass is 9.97. The minimum absolute atomic E-state index is 0.0175. The first-order chi connectivity index (χ1) is 18.1. The number of rotatable bonds is 7. The van der Waals surface area contributed by atoms with E-state index in [0.717, 1.165) is 36.6 Å². The Morgan fingerprint density at radius 2 is 1.76 bits per heavy atom. The van der Waals surface area contributed by atoms with Gasteiger partial charge in [0.15, 0.2) is 15.6 Å². The quantitative estimate of drug-likeness (QED) is 0.539. The molecule has 4 atom stereocenters. The number of carbonyl (C=O) groups is 1. The van der Waals surface area contributed by atoms with Crippen LogP contribution < -0.4 is 15.6 Å². The van der Waals surface area contributed by atoms with Crippen LogP contribution in [0.3, 0.4) is 0 Å². The molecule has 2 aromatic rings. The molecule has 3 fully saturated rings. The summed E-state index contributed by atoms with van der Waals surface area (Å²) in [4.78, 5) is 30.3. The van der Waals surface area contributed by atoms with Gasteiger partial charge < -0.3 is 19.7 Å². The smallest absolute Gasteiger partial charge is 0.404 e. The van der Waals surface area contributed by atoms with E-state index in [2.05, 4.69) is 10.2 Å². The number of hydrogen-bond acceptors (Lipinski definition) is 8. The number of ether oxygens (including phenoxy) is 1. The molecule has 4 heterocycles. The Bertz CT molecular complexity index is 1310. The molecule has 1 aromatic heterocycles. The minimum Gasteiger partial charge on any atom is -0.404 e. The molecule has 2 N–H and O–H groups in total. The fraction of sp³-hybridized carbons (Fsp3) is 0.630. The predicted molar refractivity (Wildman–Crippen MR) is 145 cm³/mol. The zero-order chi connectivity index (χ0) is 27.0. The van der Waals surface area contributed by atoms with E-state index >= 15 is 0 Å². The van der Waals surface area contributed by atoms with Crippen LogP contribution >= 0.6 is 0 Å². The SMILES string of the molecule is CC(C)n1c(=O)c(OC(=O)N[C@@H]2C[C@H]3CC[C@@H](C2)N3CC(O)CN2CCS(=O)(=O)CC2)cc2ccccc21. The third-order valence-electron chi connectivity index (χ3n) is 8.17. The van der Waals surface area contributed by atoms with Gasteiger partial charge >= 0.3 is 6.09 Å². The number of aliphatic hydroxyl groups is 1. The molecule has 11 heteroatoms. The summed E-state index contributed by atoms with van der Waals surface area (Å²) in [5.41, 5.74) is 0.473. The molecule has 2 bridgehead atoms. The summed E-state index contributed by atoms with van der Waals surface area (Å²) in [6.07, 6.45) is 2.37. The van der Waals surface area contributed by atoms with Gasteiger partial charge in [-0.2, -0.15) is 0 Å². The van der Waals surface area contributed by atoms with E-state index in [-0.39, 0.29) is 47.0 Å². The standard InChI is InChI=1S/C27H38N4O6S/c1-18(2)31-24-6-4-3-5-19(24)13-25(26(31)33)37-27(34)28-20-14-21-7-8-22(15-20)30(21)17-23(32)16-29-9-11-38(35,36)12-10-29/h3-6,13,18,20-23,32H,7-12,14-17H2,1-2H3,(H,28,34)/t20-,21-,22+,23?. The van der Waals surface area contributed by atoms with E-state index in [9.17, 15) is 23.1 Å². The van der Waals surface area contributed by atoms with Gasteiger partial charge in [-0.3, -0.25) is 14.6 Å². The van der Waals surface area contributed by atoms with Gasteiger partial charge in [0, 0.05) is 55.7 Å². The number of piperidine rings is 1. The number of pyridine rings is 1. The first-order valence-corrected chi connectivity index (χ1v) is 15.4. The van der Waals surface area contributed by atoms with Crippen LogP contribution in [0.1, 0.15) is 45.6 Å². The topological polar surface area (TPSA) is 121 Å². The minimum atomic E-state index is -2.94. The molecule has 3 saturated heterocycles. The van der Waals surface area contributed by atoms with E-state index in [0.29, 0.717) is 26.2 Å². The third kappa shape index (κ3) is 5.90. The summed E-state index contributed by atoms with van der Waals surface area (Å²) in [6, 6.07) is 9.55. The van der Waals surface area contributed by atoms with E-state index in [1.54, 1.807) is 10.6 Å². The number of nitrogens with zero attached hydrogens (tertiary/aromatic N) is 3. The number of nitrogens with one attached hydrogen (secondary N) is 1. The molecule has 3 aliphatic rings. The highest BCUT2D eigenvalue weighted by Crippen LogP contribution is 2.36. The molecule has 38 heavy (non-hydrogen) atoms. The lowest BCUT2D eigenvalue weighted by Crippen LogP contribution is -2.54. The number of aliphatic hydroxyl groups excluding tert-OH is 1. The molecule has 208 valence electrons. The van der Waals surface area contributed by atoms with Crippen molar-refractivity contribution in [2.24, 2.45) is 0 Å². The fourth-order valence-electron chi connectivity index (χ4n) is 6.36. The number of hydrogen-bond donors (Lipinski definition) is 2. The van der Waals surface area contributed by atoms with Gasteiger partial charge in [-0.05, 0) is 51.7 Å². The summed E-state index contributed by atoms with van der Waals surface area (Å²) in [5.74, 6) is 0.328. The summed E-state index contributed by atoms with van der Waals surface area (Å²) >= 11 is 0. The molecular formula is C27H38N4O6S. The van der Waals surface area contributed by atoms with E-state index in [1.165, 1.54) is 0 Å². The number of β-amino-alcohol motifs (C(OH)–C–C–N with tert-alkyl or cyclic N) is 1. The molecule has 0 aliphatic carbocycles.